The van der Waals surface area contributed by atoms with Crippen molar-refractivity contribution < 1.29 is 0 Å². The Kier molecular flexibility index (Phi) is 2.00. The van der Waals surface area contributed by atoms with Crippen molar-refractivity contribution >= 4 is 17.2 Å². The number of aromatic nitrogens is 3. The van der Waals surface area contributed by atoms with Crippen LogP contribution in [0, 0.1) is 0 Å². The lowest BCUT2D eigenvalue weighted by atomic mass is 9.92. The Labute approximate surface area is 87.7 Å². The third-order valence-electron chi connectivity index (χ3n) is 2.08. The van der Waals surface area contributed by atoms with Crippen LogP contribution in [-0.4, -0.2) is 14.6 Å². The van der Waals surface area contributed by atoms with Crippen LogP contribution >= 0.6 is 11.6 Å². The van der Waals surface area contributed by atoms with Crippen LogP contribution in [-0.2, 0) is 5.41 Å². The summed E-state index contributed by atoms with van der Waals surface area (Å²) < 4.78 is 1.71. The highest BCUT2D eigenvalue weighted by atomic mass is 35.5. The van der Waals surface area contributed by atoms with Crippen LogP contribution in [0.2, 0.25) is 5.02 Å². The molecule has 74 valence electrons. The van der Waals surface area contributed by atoms with Crippen molar-refractivity contribution in [3.8, 4) is 0 Å². The summed E-state index contributed by atoms with van der Waals surface area (Å²) in [6, 6.07) is 1.88. The molecule has 2 aromatic rings. The molecule has 0 atom stereocenters. The number of hydrogen-bond acceptors (Lipinski definition) is 2. The van der Waals surface area contributed by atoms with Crippen molar-refractivity contribution in [2.45, 2.75) is 26.2 Å². The molecule has 0 aliphatic rings. The minimum Gasteiger partial charge on any atom is -0.234 e. The third kappa shape index (κ3) is 1.48. The first kappa shape index (κ1) is 9.46. The van der Waals surface area contributed by atoms with E-state index in [2.05, 4.69) is 30.9 Å². The molecule has 14 heavy (non-hydrogen) atoms. The first-order valence-corrected chi connectivity index (χ1v) is 4.86. The molecule has 0 saturated carbocycles. The molecule has 0 aliphatic carbocycles. The zero-order chi connectivity index (χ0) is 10.3. The SMILES string of the molecule is CC(C)(C)c1cc(Cl)c2nccn2n1. The van der Waals surface area contributed by atoms with Crippen LogP contribution in [0.5, 0.6) is 0 Å². The average Bonchev–Trinajstić information content (AvgIpc) is 2.50. The van der Waals surface area contributed by atoms with Crippen LogP contribution in [0.4, 0.5) is 0 Å². The quantitative estimate of drug-likeness (QED) is 0.668. The molecule has 0 aliphatic heterocycles. The van der Waals surface area contributed by atoms with Gasteiger partial charge in [-0.25, -0.2) is 9.50 Å². The molecule has 2 heterocycles. The summed E-state index contributed by atoms with van der Waals surface area (Å²) in [5.74, 6) is 0. The molecule has 0 N–H and O–H groups in total. The van der Waals surface area contributed by atoms with Crippen LogP contribution in [0.1, 0.15) is 26.5 Å². The number of nitrogens with zero attached hydrogens (tertiary/aromatic N) is 3. The molecular formula is C10H12ClN3. The second kappa shape index (κ2) is 2.95. The average molecular weight is 210 g/mol. The molecule has 3 nitrogen and oxygen atoms in total. The lowest BCUT2D eigenvalue weighted by Crippen LogP contribution is -2.15. The summed E-state index contributed by atoms with van der Waals surface area (Å²) in [5.41, 5.74) is 1.68. The number of halogens is 1. The fraction of sp³-hybridized carbons (Fsp3) is 0.400. The van der Waals surface area contributed by atoms with Crippen molar-refractivity contribution in [3.05, 3.63) is 29.2 Å². The topological polar surface area (TPSA) is 30.2 Å². The Balaban J connectivity index is 2.70. The summed E-state index contributed by atoms with van der Waals surface area (Å²) in [6.45, 7) is 6.32. The van der Waals surface area contributed by atoms with Crippen molar-refractivity contribution in [2.24, 2.45) is 0 Å². The summed E-state index contributed by atoms with van der Waals surface area (Å²) in [7, 11) is 0. The van der Waals surface area contributed by atoms with Gasteiger partial charge in [-0.1, -0.05) is 32.4 Å². The predicted molar refractivity (Wildman–Crippen MR) is 56.7 cm³/mol. The highest BCUT2D eigenvalue weighted by Crippen LogP contribution is 2.24. The smallest absolute Gasteiger partial charge is 0.172 e. The number of rotatable bonds is 0. The van der Waals surface area contributed by atoms with Gasteiger partial charge in [0.2, 0.25) is 0 Å². The van der Waals surface area contributed by atoms with Gasteiger partial charge in [0.25, 0.3) is 0 Å². The monoisotopic (exact) mass is 209 g/mol. The second-order valence-corrected chi connectivity index (χ2v) is 4.73. The first-order chi connectivity index (χ1) is 6.48. The molecule has 0 amide bonds. The third-order valence-corrected chi connectivity index (χ3v) is 2.36. The van der Waals surface area contributed by atoms with Gasteiger partial charge in [0, 0.05) is 17.8 Å². The van der Waals surface area contributed by atoms with Gasteiger partial charge in [-0.2, -0.15) is 5.10 Å². The minimum atomic E-state index is 0.00208. The lowest BCUT2D eigenvalue weighted by Gasteiger charge is -2.17. The molecule has 2 aromatic heterocycles. The molecule has 0 aromatic carbocycles. The highest BCUT2D eigenvalue weighted by molar-refractivity contribution is 6.33. The fourth-order valence-electron chi connectivity index (χ4n) is 1.24. The first-order valence-electron chi connectivity index (χ1n) is 4.49. The maximum absolute atomic E-state index is 6.09. The van der Waals surface area contributed by atoms with Crippen LogP contribution in [0.15, 0.2) is 18.5 Å². The molecule has 0 bridgehead atoms. The Morgan fingerprint density at radius 2 is 2.07 bits per heavy atom. The van der Waals surface area contributed by atoms with Crippen LogP contribution in [0.25, 0.3) is 5.65 Å². The Morgan fingerprint density at radius 1 is 1.36 bits per heavy atom. The van der Waals surface area contributed by atoms with E-state index in [9.17, 15) is 0 Å². The van der Waals surface area contributed by atoms with Crippen LogP contribution < -0.4 is 0 Å². The number of fused-ring (bicyclic) bond motifs is 1. The van der Waals surface area contributed by atoms with Crippen molar-refractivity contribution in [1.29, 1.82) is 0 Å². The Bertz CT molecular complexity index is 468. The van der Waals surface area contributed by atoms with Gasteiger partial charge in [0.05, 0.1) is 10.7 Å². The van der Waals surface area contributed by atoms with E-state index in [4.69, 9.17) is 11.6 Å². The van der Waals surface area contributed by atoms with Crippen molar-refractivity contribution in [3.63, 3.8) is 0 Å². The van der Waals surface area contributed by atoms with Gasteiger partial charge in [-0.15, -0.1) is 0 Å². The van der Waals surface area contributed by atoms with E-state index in [1.165, 1.54) is 0 Å². The molecule has 4 heteroatoms. The van der Waals surface area contributed by atoms with E-state index in [1.54, 1.807) is 16.9 Å². The summed E-state index contributed by atoms with van der Waals surface area (Å²) in [4.78, 5) is 4.11. The number of hydrogen-bond donors (Lipinski definition) is 0. The highest BCUT2D eigenvalue weighted by Gasteiger charge is 2.17. The van der Waals surface area contributed by atoms with Crippen molar-refractivity contribution in [1.82, 2.24) is 14.6 Å². The van der Waals surface area contributed by atoms with Gasteiger partial charge in [-0.3, -0.25) is 0 Å². The molecule has 0 spiro atoms. The standard InChI is InChI=1S/C10H12ClN3/c1-10(2,3)8-6-7(11)9-12-4-5-14(9)13-8/h4-6H,1-3H3. The zero-order valence-corrected chi connectivity index (χ0v) is 9.21. The summed E-state index contributed by atoms with van der Waals surface area (Å²) >= 11 is 6.09. The lowest BCUT2D eigenvalue weighted by molar-refractivity contribution is 0.554. The van der Waals surface area contributed by atoms with E-state index in [1.807, 2.05) is 6.07 Å². The molecule has 0 radical (unpaired) electrons. The largest absolute Gasteiger partial charge is 0.234 e. The maximum atomic E-state index is 6.09. The maximum Gasteiger partial charge on any atom is 0.172 e. The molecular weight excluding hydrogens is 198 g/mol. The fourth-order valence-corrected chi connectivity index (χ4v) is 1.48. The van der Waals surface area contributed by atoms with Gasteiger partial charge >= 0.3 is 0 Å². The summed E-state index contributed by atoms with van der Waals surface area (Å²) in [5, 5.41) is 5.09. The van der Waals surface area contributed by atoms with E-state index in [-0.39, 0.29) is 5.41 Å². The normalized spacial score (nSPS) is 12.3. The Morgan fingerprint density at radius 3 is 2.71 bits per heavy atom. The van der Waals surface area contributed by atoms with Gasteiger partial charge < -0.3 is 0 Å². The van der Waals surface area contributed by atoms with Gasteiger partial charge in [0.15, 0.2) is 5.65 Å². The molecule has 2 rings (SSSR count). The van der Waals surface area contributed by atoms with Crippen molar-refractivity contribution in [2.75, 3.05) is 0 Å². The molecule has 0 fully saturated rings. The van der Waals surface area contributed by atoms with E-state index in [0.717, 1.165) is 5.69 Å². The predicted octanol–water partition coefficient (Wildman–Crippen LogP) is 2.68. The summed E-state index contributed by atoms with van der Waals surface area (Å²) in [6.07, 6.45) is 3.50. The van der Waals surface area contributed by atoms with E-state index in [0.29, 0.717) is 10.7 Å². The van der Waals surface area contributed by atoms with Crippen LogP contribution in [0.3, 0.4) is 0 Å². The number of imidazole rings is 1. The molecule has 0 unspecified atom stereocenters. The van der Waals surface area contributed by atoms with Gasteiger partial charge in [0.1, 0.15) is 0 Å². The molecule has 0 saturated heterocycles. The Hall–Kier alpha value is -1.09. The zero-order valence-electron chi connectivity index (χ0n) is 8.45. The van der Waals surface area contributed by atoms with E-state index >= 15 is 0 Å². The minimum absolute atomic E-state index is 0.00208. The van der Waals surface area contributed by atoms with E-state index < -0.39 is 0 Å². The van der Waals surface area contributed by atoms with Gasteiger partial charge in [-0.05, 0) is 6.07 Å². The second-order valence-electron chi connectivity index (χ2n) is 4.32.